The molecule has 2 nitrogen and oxygen atoms in total. The van der Waals surface area contributed by atoms with Crippen LogP contribution in [0.3, 0.4) is 0 Å². The molecule has 0 aliphatic carbocycles. The molecule has 0 saturated heterocycles. The van der Waals surface area contributed by atoms with Gasteiger partial charge in [0, 0.05) is 12.4 Å². The summed E-state index contributed by atoms with van der Waals surface area (Å²) in [6.45, 7) is 0. The molecule has 0 unspecified atom stereocenters. The molecule has 0 saturated carbocycles. The Morgan fingerprint density at radius 3 is 2.58 bits per heavy atom. The van der Waals surface area contributed by atoms with Crippen LogP contribution in [0.2, 0.25) is 0 Å². The topological polar surface area (TPSA) is 22.1 Å². The van der Waals surface area contributed by atoms with Crippen molar-refractivity contribution in [3.8, 4) is 5.75 Å². The number of nitrogens with zero attached hydrogens (tertiary/aromatic N) is 1. The largest absolute Gasteiger partial charge is 0.573 e. The van der Waals surface area contributed by atoms with E-state index in [-0.39, 0.29) is 10.6 Å². The highest BCUT2D eigenvalue weighted by atomic mass is 32.1. The molecule has 0 bridgehead atoms. The van der Waals surface area contributed by atoms with Gasteiger partial charge in [-0.25, -0.2) is 0 Å². The molecule has 1 aromatic rings. The van der Waals surface area contributed by atoms with E-state index in [2.05, 4.69) is 22.3 Å². The van der Waals surface area contributed by atoms with Gasteiger partial charge in [0.05, 0.1) is 4.90 Å². The van der Waals surface area contributed by atoms with E-state index in [1.165, 1.54) is 12.4 Å². The number of hydrogen-bond acceptors (Lipinski definition) is 3. The Kier molecular flexibility index (Phi) is 2.46. The van der Waals surface area contributed by atoms with Crippen molar-refractivity contribution in [3.05, 3.63) is 18.5 Å². The van der Waals surface area contributed by atoms with Gasteiger partial charge >= 0.3 is 6.36 Å². The molecule has 0 aliphatic heterocycles. The number of hydrogen-bond donors (Lipinski definition) is 1. The number of aromatic nitrogens is 1. The molecule has 12 heavy (non-hydrogen) atoms. The molecule has 0 N–H and O–H groups in total. The average Bonchev–Trinajstić information content (AvgIpc) is 1.91. The van der Waals surface area contributed by atoms with E-state index < -0.39 is 6.36 Å². The molecule has 0 fully saturated rings. The van der Waals surface area contributed by atoms with Crippen molar-refractivity contribution in [1.82, 2.24) is 4.98 Å². The second-order valence-electron chi connectivity index (χ2n) is 1.89. The molecule has 0 radical (unpaired) electrons. The number of thiol groups is 1. The summed E-state index contributed by atoms with van der Waals surface area (Å²) in [7, 11) is 0. The Morgan fingerprint density at radius 2 is 2.08 bits per heavy atom. The minimum atomic E-state index is -4.68. The summed E-state index contributed by atoms with van der Waals surface area (Å²) in [5.41, 5.74) is 0. The van der Waals surface area contributed by atoms with E-state index in [9.17, 15) is 13.2 Å². The maximum Gasteiger partial charge on any atom is 0.573 e. The van der Waals surface area contributed by atoms with Crippen molar-refractivity contribution in [1.29, 1.82) is 0 Å². The fourth-order valence-corrected chi connectivity index (χ4v) is 0.771. The first-order chi connectivity index (χ1) is 5.49. The van der Waals surface area contributed by atoms with Gasteiger partial charge < -0.3 is 4.74 Å². The molecule has 0 spiro atoms. The average molecular weight is 195 g/mol. The van der Waals surface area contributed by atoms with Crippen LogP contribution >= 0.6 is 12.6 Å². The van der Waals surface area contributed by atoms with Crippen molar-refractivity contribution in [3.63, 3.8) is 0 Å². The van der Waals surface area contributed by atoms with Crippen molar-refractivity contribution < 1.29 is 17.9 Å². The van der Waals surface area contributed by atoms with Crippen molar-refractivity contribution in [2.24, 2.45) is 0 Å². The van der Waals surface area contributed by atoms with Gasteiger partial charge in [0.2, 0.25) is 0 Å². The molecular weight excluding hydrogens is 191 g/mol. The zero-order valence-corrected chi connectivity index (χ0v) is 6.56. The minimum absolute atomic E-state index is 0.0508. The predicted molar refractivity (Wildman–Crippen MR) is 38.2 cm³/mol. The zero-order chi connectivity index (χ0) is 9.19. The Hall–Kier alpha value is -0.910. The molecule has 0 amide bonds. The maximum absolute atomic E-state index is 11.6. The molecule has 1 aromatic heterocycles. The van der Waals surface area contributed by atoms with Crippen LogP contribution < -0.4 is 4.74 Å². The normalized spacial score (nSPS) is 11.3. The lowest BCUT2D eigenvalue weighted by Crippen LogP contribution is -2.17. The number of pyridine rings is 1. The highest BCUT2D eigenvalue weighted by Crippen LogP contribution is 2.27. The molecule has 1 rings (SSSR count). The van der Waals surface area contributed by atoms with Gasteiger partial charge in [-0.15, -0.1) is 25.8 Å². The standard InChI is InChI=1S/C6H4F3NOS/c7-6(8,9)11-4-1-2-10-3-5(4)12/h1-3,12H. The summed E-state index contributed by atoms with van der Waals surface area (Å²) in [5, 5.41) is 0. The van der Waals surface area contributed by atoms with E-state index in [0.717, 1.165) is 6.07 Å². The van der Waals surface area contributed by atoms with Crippen molar-refractivity contribution in [2.45, 2.75) is 11.3 Å². The van der Waals surface area contributed by atoms with Crippen molar-refractivity contribution >= 4 is 12.6 Å². The molecule has 0 atom stereocenters. The second-order valence-corrected chi connectivity index (χ2v) is 2.37. The van der Waals surface area contributed by atoms with Crippen LogP contribution in [-0.4, -0.2) is 11.3 Å². The monoisotopic (exact) mass is 195 g/mol. The third-order valence-corrected chi connectivity index (χ3v) is 1.32. The lowest BCUT2D eigenvalue weighted by atomic mass is 10.4. The molecule has 0 aliphatic rings. The first-order valence-electron chi connectivity index (χ1n) is 2.88. The van der Waals surface area contributed by atoms with Crippen LogP contribution in [0, 0.1) is 0 Å². The SMILES string of the molecule is FC(F)(F)Oc1ccncc1S. The van der Waals surface area contributed by atoms with Crippen LogP contribution in [0.4, 0.5) is 13.2 Å². The summed E-state index contributed by atoms with van der Waals surface area (Å²) in [6.07, 6.45) is -2.32. The first-order valence-corrected chi connectivity index (χ1v) is 3.32. The van der Waals surface area contributed by atoms with E-state index in [1.807, 2.05) is 0 Å². The Bertz CT molecular complexity index is 276. The van der Waals surface area contributed by atoms with Gasteiger partial charge in [0.25, 0.3) is 0 Å². The Labute approximate surface area is 71.8 Å². The molecule has 0 aromatic carbocycles. The quantitative estimate of drug-likeness (QED) is 0.694. The zero-order valence-electron chi connectivity index (χ0n) is 5.67. The van der Waals surface area contributed by atoms with E-state index in [0.29, 0.717) is 0 Å². The second kappa shape index (κ2) is 3.22. The minimum Gasteiger partial charge on any atom is -0.404 e. The molecule has 6 heteroatoms. The third-order valence-electron chi connectivity index (χ3n) is 0.987. The van der Waals surface area contributed by atoms with E-state index in [1.54, 1.807) is 0 Å². The van der Waals surface area contributed by atoms with E-state index in [4.69, 9.17) is 0 Å². The predicted octanol–water partition coefficient (Wildman–Crippen LogP) is 2.27. The van der Waals surface area contributed by atoms with Gasteiger partial charge in [-0.05, 0) is 6.07 Å². The highest BCUT2D eigenvalue weighted by molar-refractivity contribution is 7.80. The number of rotatable bonds is 1. The first kappa shape index (κ1) is 9.18. The third kappa shape index (κ3) is 2.61. The van der Waals surface area contributed by atoms with Crippen molar-refractivity contribution in [2.75, 3.05) is 0 Å². The van der Waals surface area contributed by atoms with Gasteiger partial charge in [-0.3, -0.25) is 4.98 Å². The Balaban J connectivity index is 2.83. The van der Waals surface area contributed by atoms with Crippen LogP contribution in [0.15, 0.2) is 23.4 Å². The van der Waals surface area contributed by atoms with Gasteiger partial charge in [-0.2, -0.15) is 0 Å². The summed E-state index contributed by atoms with van der Waals surface area (Å²) in [5.74, 6) is -0.346. The molecule has 1 heterocycles. The molecule has 66 valence electrons. The number of ether oxygens (including phenoxy) is 1. The highest BCUT2D eigenvalue weighted by Gasteiger charge is 2.31. The van der Waals surface area contributed by atoms with Crippen LogP contribution in [0.5, 0.6) is 5.75 Å². The number of alkyl halides is 3. The van der Waals surface area contributed by atoms with Crippen LogP contribution in [-0.2, 0) is 0 Å². The lowest BCUT2D eigenvalue weighted by Gasteiger charge is -2.09. The van der Waals surface area contributed by atoms with Gasteiger partial charge in [0.1, 0.15) is 5.75 Å². The summed E-state index contributed by atoms with van der Waals surface area (Å²) >= 11 is 3.72. The summed E-state index contributed by atoms with van der Waals surface area (Å²) in [6, 6.07) is 1.09. The fraction of sp³-hybridized carbons (Fsp3) is 0.167. The van der Waals surface area contributed by atoms with Crippen LogP contribution in [0.25, 0.3) is 0 Å². The Morgan fingerprint density at radius 1 is 1.42 bits per heavy atom. The fourth-order valence-electron chi connectivity index (χ4n) is 0.584. The maximum atomic E-state index is 11.6. The smallest absolute Gasteiger partial charge is 0.404 e. The van der Waals surface area contributed by atoms with Crippen LogP contribution in [0.1, 0.15) is 0 Å². The van der Waals surface area contributed by atoms with E-state index >= 15 is 0 Å². The molecular formula is C6H4F3NOS. The lowest BCUT2D eigenvalue weighted by molar-refractivity contribution is -0.275. The van der Waals surface area contributed by atoms with Gasteiger partial charge in [0.15, 0.2) is 0 Å². The number of halogens is 3. The summed E-state index contributed by atoms with van der Waals surface area (Å²) < 4.78 is 38.6. The van der Waals surface area contributed by atoms with Gasteiger partial charge in [-0.1, -0.05) is 0 Å². The summed E-state index contributed by atoms with van der Waals surface area (Å²) in [4.78, 5) is 3.60.